The highest BCUT2D eigenvalue weighted by atomic mass is 79.9. The lowest BCUT2D eigenvalue weighted by Crippen LogP contribution is -2.37. The molecule has 0 saturated carbocycles. The molecule has 0 aromatic heterocycles. The zero-order valence-corrected chi connectivity index (χ0v) is 13.0. The predicted molar refractivity (Wildman–Crippen MR) is 80.7 cm³/mol. The highest BCUT2D eigenvalue weighted by Crippen LogP contribution is 2.22. The van der Waals surface area contributed by atoms with Gasteiger partial charge in [0.1, 0.15) is 5.82 Å². The summed E-state index contributed by atoms with van der Waals surface area (Å²) in [6.45, 7) is 6.27. The van der Waals surface area contributed by atoms with E-state index in [9.17, 15) is 4.39 Å². The van der Waals surface area contributed by atoms with Gasteiger partial charge in [0.05, 0.1) is 0 Å². The Kier molecular flexibility index (Phi) is 5.79. The summed E-state index contributed by atoms with van der Waals surface area (Å²) in [6, 6.07) is 5.75. The molecule has 1 unspecified atom stereocenters. The molecule has 4 heteroatoms. The third-order valence-electron chi connectivity index (χ3n) is 3.61. The summed E-state index contributed by atoms with van der Waals surface area (Å²) in [5.41, 5.74) is 1.05. The number of likely N-dealkylation sites (tertiary alicyclic amines) is 1. The van der Waals surface area contributed by atoms with Crippen LogP contribution in [0, 0.1) is 5.82 Å². The minimum absolute atomic E-state index is 0.163. The third kappa shape index (κ3) is 4.55. The van der Waals surface area contributed by atoms with Crippen molar-refractivity contribution in [3.05, 3.63) is 34.1 Å². The zero-order chi connectivity index (χ0) is 13.7. The van der Waals surface area contributed by atoms with Crippen LogP contribution in [0.1, 0.15) is 31.7 Å². The lowest BCUT2D eigenvalue weighted by Gasteiger charge is -2.25. The van der Waals surface area contributed by atoms with Crippen molar-refractivity contribution in [2.45, 2.75) is 38.8 Å². The van der Waals surface area contributed by atoms with Gasteiger partial charge in [-0.3, -0.25) is 4.90 Å². The fourth-order valence-corrected chi connectivity index (χ4v) is 3.23. The van der Waals surface area contributed by atoms with Gasteiger partial charge >= 0.3 is 0 Å². The molecule has 1 aliphatic heterocycles. The second-order valence-corrected chi connectivity index (χ2v) is 6.16. The van der Waals surface area contributed by atoms with Crippen LogP contribution in [-0.4, -0.2) is 30.6 Å². The predicted octanol–water partition coefficient (Wildman–Crippen LogP) is 3.55. The van der Waals surface area contributed by atoms with Crippen molar-refractivity contribution >= 4 is 15.9 Å². The van der Waals surface area contributed by atoms with E-state index < -0.39 is 0 Å². The van der Waals surface area contributed by atoms with Gasteiger partial charge in [-0.25, -0.2) is 4.39 Å². The standard InChI is InChI=1S/C15H22BrFN2/c1-2-5-18-10-15-4-3-6-19(15)11-12-7-13(16)9-14(17)8-12/h7-9,15,18H,2-6,10-11H2,1H3. The molecule has 1 aromatic carbocycles. The molecule has 2 rings (SSSR count). The summed E-state index contributed by atoms with van der Waals surface area (Å²) in [4.78, 5) is 2.46. The van der Waals surface area contributed by atoms with Crippen LogP contribution in [0.25, 0.3) is 0 Å². The number of halogens is 2. The lowest BCUT2D eigenvalue weighted by molar-refractivity contribution is 0.239. The Morgan fingerprint density at radius 3 is 3.00 bits per heavy atom. The molecule has 1 atom stereocenters. The second-order valence-electron chi connectivity index (χ2n) is 5.25. The molecule has 0 radical (unpaired) electrons. The minimum atomic E-state index is -0.163. The van der Waals surface area contributed by atoms with Crippen molar-refractivity contribution < 1.29 is 4.39 Å². The van der Waals surface area contributed by atoms with Crippen molar-refractivity contribution in [1.82, 2.24) is 10.2 Å². The van der Waals surface area contributed by atoms with Crippen LogP contribution in [0.5, 0.6) is 0 Å². The molecule has 0 spiro atoms. The molecule has 1 fully saturated rings. The number of nitrogens with one attached hydrogen (secondary N) is 1. The smallest absolute Gasteiger partial charge is 0.124 e. The fourth-order valence-electron chi connectivity index (χ4n) is 2.72. The minimum Gasteiger partial charge on any atom is -0.315 e. The van der Waals surface area contributed by atoms with E-state index in [2.05, 4.69) is 33.1 Å². The number of benzene rings is 1. The Bertz CT molecular complexity index is 391. The molecule has 1 N–H and O–H groups in total. The quantitative estimate of drug-likeness (QED) is 0.803. The highest BCUT2D eigenvalue weighted by Gasteiger charge is 2.24. The largest absolute Gasteiger partial charge is 0.315 e. The van der Waals surface area contributed by atoms with Gasteiger partial charge < -0.3 is 5.32 Å². The first kappa shape index (κ1) is 14.9. The Morgan fingerprint density at radius 1 is 1.42 bits per heavy atom. The molecule has 0 amide bonds. The zero-order valence-electron chi connectivity index (χ0n) is 11.5. The van der Waals surface area contributed by atoms with Gasteiger partial charge in [-0.1, -0.05) is 22.9 Å². The van der Waals surface area contributed by atoms with Gasteiger partial charge in [-0.05, 0) is 56.1 Å². The lowest BCUT2D eigenvalue weighted by atomic mass is 10.1. The summed E-state index contributed by atoms with van der Waals surface area (Å²) in [7, 11) is 0. The van der Waals surface area contributed by atoms with E-state index in [0.717, 1.165) is 36.2 Å². The molecule has 1 saturated heterocycles. The number of hydrogen-bond acceptors (Lipinski definition) is 2. The maximum absolute atomic E-state index is 13.4. The molecule has 0 aliphatic carbocycles. The molecule has 1 aromatic rings. The Balaban J connectivity index is 1.93. The van der Waals surface area contributed by atoms with E-state index in [4.69, 9.17) is 0 Å². The van der Waals surface area contributed by atoms with E-state index in [1.807, 2.05) is 6.07 Å². The molecule has 1 heterocycles. The molecule has 106 valence electrons. The number of nitrogens with zero attached hydrogens (tertiary/aromatic N) is 1. The number of hydrogen-bond donors (Lipinski definition) is 1. The first-order chi connectivity index (χ1) is 9.19. The molecule has 19 heavy (non-hydrogen) atoms. The maximum atomic E-state index is 13.4. The second kappa shape index (κ2) is 7.36. The van der Waals surface area contributed by atoms with Crippen LogP contribution in [0.3, 0.4) is 0 Å². The van der Waals surface area contributed by atoms with Gasteiger partial charge in [0, 0.05) is 23.6 Å². The molecule has 0 bridgehead atoms. The third-order valence-corrected chi connectivity index (χ3v) is 4.07. The van der Waals surface area contributed by atoms with Gasteiger partial charge in [-0.2, -0.15) is 0 Å². The van der Waals surface area contributed by atoms with Crippen LogP contribution in [0.2, 0.25) is 0 Å². The van der Waals surface area contributed by atoms with Crippen molar-refractivity contribution in [3.8, 4) is 0 Å². The number of rotatable bonds is 6. The normalized spacial score (nSPS) is 20.1. The SMILES string of the molecule is CCCNCC1CCCN1Cc1cc(F)cc(Br)c1. The summed E-state index contributed by atoms with van der Waals surface area (Å²) in [6.07, 6.45) is 3.66. The monoisotopic (exact) mass is 328 g/mol. The Hall–Kier alpha value is -0.450. The van der Waals surface area contributed by atoms with Crippen LogP contribution in [0.4, 0.5) is 4.39 Å². The van der Waals surface area contributed by atoms with Crippen molar-refractivity contribution in [1.29, 1.82) is 0 Å². The van der Waals surface area contributed by atoms with Crippen molar-refractivity contribution in [2.24, 2.45) is 0 Å². The van der Waals surface area contributed by atoms with Crippen molar-refractivity contribution in [3.63, 3.8) is 0 Å². The summed E-state index contributed by atoms with van der Waals surface area (Å²) < 4.78 is 14.2. The Morgan fingerprint density at radius 2 is 2.26 bits per heavy atom. The van der Waals surface area contributed by atoms with Gasteiger partial charge in [0.15, 0.2) is 0 Å². The van der Waals surface area contributed by atoms with Crippen LogP contribution >= 0.6 is 15.9 Å². The molecule has 1 aliphatic rings. The van der Waals surface area contributed by atoms with E-state index >= 15 is 0 Å². The van der Waals surface area contributed by atoms with Crippen LogP contribution in [-0.2, 0) is 6.54 Å². The fraction of sp³-hybridized carbons (Fsp3) is 0.600. The summed E-state index contributed by atoms with van der Waals surface area (Å²) in [5, 5.41) is 3.49. The first-order valence-corrected chi connectivity index (χ1v) is 7.88. The molecular weight excluding hydrogens is 307 g/mol. The molecular formula is C15H22BrFN2. The van der Waals surface area contributed by atoms with E-state index in [1.54, 1.807) is 6.07 Å². The summed E-state index contributed by atoms with van der Waals surface area (Å²) in [5.74, 6) is -0.163. The molecule has 2 nitrogen and oxygen atoms in total. The topological polar surface area (TPSA) is 15.3 Å². The average molecular weight is 329 g/mol. The maximum Gasteiger partial charge on any atom is 0.124 e. The summed E-state index contributed by atoms with van der Waals surface area (Å²) >= 11 is 3.36. The van der Waals surface area contributed by atoms with E-state index in [-0.39, 0.29) is 5.82 Å². The van der Waals surface area contributed by atoms with Crippen LogP contribution < -0.4 is 5.32 Å². The van der Waals surface area contributed by atoms with E-state index in [1.165, 1.54) is 25.3 Å². The van der Waals surface area contributed by atoms with Crippen LogP contribution in [0.15, 0.2) is 22.7 Å². The first-order valence-electron chi connectivity index (χ1n) is 7.08. The van der Waals surface area contributed by atoms with Gasteiger partial charge in [0.2, 0.25) is 0 Å². The van der Waals surface area contributed by atoms with Crippen molar-refractivity contribution in [2.75, 3.05) is 19.6 Å². The Labute approximate surface area is 123 Å². The highest BCUT2D eigenvalue weighted by molar-refractivity contribution is 9.10. The van der Waals surface area contributed by atoms with E-state index in [0.29, 0.717) is 6.04 Å². The van der Waals surface area contributed by atoms with Gasteiger partial charge in [-0.15, -0.1) is 0 Å². The average Bonchev–Trinajstić information content (AvgIpc) is 2.76. The van der Waals surface area contributed by atoms with Gasteiger partial charge in [0.25, 0.3) is 0 Å².